The van der Waals surface area contributed by atoms with Gasteiger partial charge >= 0.3 is 0 Å². The van der Waals surface area contributed by atoms with Gasteiger partial charge in [-0.2, -0.15) is 11.3 Å². The van der Waals surface area contributed by atoms with E-state index in [0.717, 1.165) is 17.8 Å². The van der Waals surface area contributed by atoms with Crippen LogP contribution in [0.4, 0.5) is 0 Å². The van der Waals surface area contributed by atoms with Crippen molar-refractivity contribution >= 4 is 11.3 Å². The highest BCUT2D eigenvalue weighted by Crippen LogP contribution is 2.20. The van der Waals surface area contributed by atoms with Crippen LogP contribution in [0, 0.1) is 0 Å². The minimum absolute atomic E-state index is 0.137. The molecule has 0 fully saturated rings. The Hall–Kier alpha value is -1.91. The summed E-state index contributed by atoms with van der Waals surface area (Å²) in [4.78, 5) is 4.24. The van der Waals surface area contributed by atoms with Gasteiger partial charge in [0.25, 0.3) is 0 Å². The SMILES string of the molecule is NC(c1ccccc1)c1cncn1Cc1ccsc1. The molecule has 96 valence electrons. The average molecular weight is 269 g/mol. The van der Waals surface area contributed by atoms with Gasteiger partial charge in [0.05, 0.1) is 24.3 Å². The number of hydrogen-bond acceptors (Lipinski definition) is 3. The monoisotopic (exact) mass is 269 g/mol. The minimum atomic E-state index is -0.137. The van der Waals surface area contributed by atoms with Crippen molar-refractivity contribution in [3.63, 3.8) is 0 Å². The summed E-state index contributed by atoms with van der Waals surface area (Å²) in [6.45, 7) is 0.819. The Morgan fingerprint density at radius 3 is 2.79 bits per heavy atom. The van der Waals surface area contributed by atoms with Crippen LogP contribution >= 0.6 is 11.3 Å². The van der Waals surface area contributed by atoms with Crippen LogP contribution in [-0.4, -0.2) is 9.55 Å². The van der Waals surface area contributed by atoms with Gasteiger partial charge in [0, 0.05) is 6.54 Å². The number of nitrogens with zero attached hydrogens (tertiary/aromatic N) is 2. The summed E-state index contributed by atoms with van der Waals surface area (Å²) in [6.07, 6.45) is 3.69. The highest BCUT2D eigenvalue weighted by molar-refractivity contribution is 7.07. The lowest BCUT2D eigenvalue weighted by Gasteiger charge is -2.14. The first-order chi connectivity index (χ1) is 9.34. The first-order valence-electron chi connectivity index (χ1n) is 6.16. The molecule has 2 N–H and O–H groups in total. The molecule has 3 rings (SSSR count). The molecule has 3 nitrogen and oxygen atoms in total. The summed E-state index contributed by atoms with van der Waals surface area (Å²) in [5.74, 6) is 0. The Balaban J connectivity index is 1.88. The largest absolute Gasteiger partial charge is 0.328 e. The van der Waals surface area contributed by atoms with Crippen LogP contribution in [0.2, 0.25) is 0 Å². The number of thiophene rings is 1. The van der Waals surface area contributed by atoms with E-state index < -0.39 is 0 Å². The third-order valence-corrected chi connectivity index (χ3v) is 3.89. The van der Waals surface area contributed by atoms with Crippen LogP contribution in [0.25, 0.3) is 0 Å². The van der Waals surface area contributed by atoms with Gasteiger partial charge in [0.2, 0.25) is 0 Å². The van der Waals surface area contributed by atoms with Gasteiger partial charge in [-0.05, 0) is 28.0 Å². The fourth-order valence-electron chi connectivity index (χ4n) is 2.13. The van der Waals surface area contributed by atoms with E-state index in [0.29, 0.717) is 0 Å². The zero-order valence-corrected chi connectivity index (χ0v) is 11.3. The molecule has 19 heavy (non-hydrogen) atoms. The zero-order valence-electron chi connectivity index (χ0n) is 10.4. The lowest BCUT2D eigenvalue weighted by atomic mass is 10.1. The van der Waals surface area contributed by atoms with E-state index >= 15 is 0 Å². The van der Waals surface area contributed by atoms with E-state index in [9.17, 15) is 0 Å². The van der Waals surface area contributed by atoms with Crippen LogP contribution in [0.3, 0.4) is 0 Å². The summed E-state index contributed by atoms with van der Waals surface area (Å²) in [5.41, 5.74) is 9.76. The normalized spacial score (nSPS) is 12.5. The quantitative estimate of drug-likeness (QED) is 0.791. The topological polar surface area (TPSA) is 43.8 Å². The molecule has 0 spiro atoms. The molecule has 1 aromatic carbocycles. The molecule has 2 aromatic heterocycles. The maximum absolute atomic E-state index is 6.33. The molecule has 0 aliphatic carbocycles. The van der Waals surface area contributed by atoms with Crippen molar-refractivity contribution in [3.8, 4) is 0 Å². The molecule has 0 aliphatic heterocycles. The first-order valence-corrected chi connectivity index (χ1v) is 7.10. The molecule has 0 aliphatic rings. The molecule has 0 radical (unpaired) electrons. The first kappa shape index (κ1) is 12.1. The highest BCUT2D eigenvalue weighted by Gasteiger charge is 2.13. The second-order valence-corrected chi connectivity index (χ2v) is 5.25. The van der Waals surface area contributed by atoms with Crippen molar-refractivity contribution in [1.82, 2.24) is 9.55 Å². The highest BCUT2D eigenvalue weighted by atomic mass is 32.1. The van der Waals surface area contributed by atoms with Gasteiger partial charge in [0.1, 0.15) is 0 Å². The van der Waals surface area contributed by atoms with Crippen LogP contribution in [0.5, 0.6) is 0 Å². The van der Waals surface area contributed by atoms with Gasteiger partial charge in [-0.15, -0.1) is 0 Å². The maximum atomic E-state index is 6.33. The van der Waals surface area contributed by atoms with Gasteiger partial charge in [0.15, 0.2) is 0 Å². The summed E-state index contributed by atoms with van der Waals surface area (Å²) in [6, 6.07) is 12.1. The molecule has 2 heterocycles. The summed E-state index contributed by atoms with van der Waals surface area (Å²) >= 11 is 1.71. The number of nitrogens with two attached hydrogens (primary N) is 1. The standard InChI is InChI=1S/C15H15N3S/c16-15(13-4-2-1-3-5-13)14-8-17-11-18(14)9-12-6-7-19-10-12/h1-8,10-11,15H,9,16H2. The second-order valence-electron chi connectivity index (χ2n) is 4.47. The molecule has 0 saturated carbocycles. The van der Waals surface area contributed by atoms with Crippen molar-refractivity contribution < 1.29 is 0 Å². The molecule has 0 bridgehead atoms. The third kappa shape index (κ3) is 2.59. The summed E-state index contributed by atoms with van der Waals surface area (Å²) in [7, 11) is 0. The molecular weight excluding hydrogens is 254 g/mol. The predicted molar refractivity (Wildman–Crippen MR) is 78.1 cm³/mol. The third-order valence-electron chi connectivity index (χ3n) is 3.15. The van der Waals surface area contributed by atoms with Crippen LogP contribution in [0.15, 0.2) is 59.7 Å². The van der Waals surface area contributed by atoms with Crippen molar-refractivity contribution in [1.29, 1.82) is 0 Å². The minimum Gasteiger partial charge on any atom is -0.328 e. The second kappa shape index (κ2) is 5.38. The smallest absolute Gasteiger partial charge is 0.0951 e. The summed E-state index contributed by atoms with van der Waals surface area (Å²) in [5, 5.41) is 4.24. The molecule has 3 aromatic rings. The van der Waals surface area contributed by atoms with E-state index in [-0.39, 0.29) is 6.04 Å². The van der Waals surface area contributed by atoms with Crippen molar-refractivity contribution in [3.05, 3.63) is 76.5 Å². The Bertz CT molecular complexity index is 628. The molecular formula is C15H15N3S. The van der Waals surface area contributed by atoms with E-state index in [1.54, 1.807) is 11.3 Å². The average Bonchev–Trinajstić information content (AvgIpc) is 3.11. The lowest BCUT2D eigenvalue weighted by Crippen LogP contribution is -2.16. The van der Waals surface area contributed by atoms with E-state index in [2.05, 4.69) is 26.4 Å². The summed E-state index contributed by atoms with van der Waals surface area (Å²) < 4.78 is 2.11. The number of hydrogen-bond donors (Lipinski definition) is 1. The molecule has 1 atom stereocenters. The lowest BCUT2D eigenvalue weighted by molar-refractivity contribution is 0.697. The van der Waals surface area contributed by atoms with Gasteiger partial charge in [-0.3, -0.25) is 0 Å². The number of rotatable bonds is 4. The Morgan fingerprint density at radius 2 is 2.05 bits per heavy atom. The number of aromatic nitrogens is 2. The van der Waals surface area contributed by atoms with Gasteiger partial charge in [-0.25, -0.2) is 4.98 Å². The van der Waals surface area contributed by atoms with Crippen molar-refractivity contribution in [2.45, 2.75) is 12.6 Å². The Labute approximate surface area is 116 Å². The van der Waals surface area contributed by atoms with E-state index in [1.165, 1.54) is 5.56 Å². The zero-order chi connectivity index (χ0) is 13.1. The number of benzene rings is 1. The van der Waals surface area contributed by atoms with Crippen molar-refractivity contribution in [2.24, 2.45) is 5.73 Å². The molecule has 0 amide bonds. The Kier molecular flexibility index (Phi) is 3.44. The fraction of sp³-hybridized carbons (Fsp3) is 0.133. The van der Waals surface area contributed by atoms with Gasteiger partial charge < -0.3 is 10.3 Å². The Morgan fingerprint density at radius 1 is 1.21 bits per heavy atom. The van der Waals surface area contributed by atoms with Crippen LogP contribution < -0.4 is 5.73 Å². The fourth-order valence-corrected chi connectivity index (χ4v) is 2.79. The number of imidazole rings is 1. The maximum Gasteiger partial charge on any atom is 0.0951 e. The molecule has 4 heteroatoms. The molecule has 0 saturated heterocycles. The van der Waals surface area contributed by atoms with Crippen LogP contribution in [-0.2, 0) is 6.54 Å². The van der Waals surface area contributed by atoms with Gasteiger partial charge in [-0.1, -0.05) is 30.3 Å². The van der Waals surface area contributed by atoms with E-state index in [4.69, 9.17) is 5.73 Å². The van der Waals surface area contributed by atoms with E-state index in [1.807, 2.05) is 42.9 Å². The molecule has 1 unspecified atom stereocenters. The van der Waals surface area contributed by atoms with Crippen molar-refractivity contribution in [2.75, 3.05) is 0 Å². The van der Waals surface area contributed by atoms with Crippen LogP contribution in [0.1, 0.15) is 22.9 Å². The predicted octanol–water partition coefficient (Wildman–Crippen LogP) is 3.04.